The van der Waals surface area contributed by atoms with Crippen molar-refractivity contribution >= 4 is 0 Å². The maximum Gasteiger partial charge on any atom is 0.0436 e. The molecule has 2 nitrogen and oxygen atoms in total. The van der Waals surface area contributed by atoms with Crippen LogP contribution in [0.25, 0.3) is 0 Å². The lowest BCUT2D eigenvalue weighted by Crippen LogP contribution is -2.41. The van der Waals surface area contributed by atoms with E-state index in [1.807, 2.05) is 0 Å². The molecule has 72 valence electrons. The van der Waals surface area contributed by atoms with Crippen molar-refractivity contribution in [3.05, 3.63) is 0 Å². The quantitative estimate of drug-likeness (QED) is 0.678. The highest BCUT2D eigenvalue weighted by atomic mass is 16.3. The zero-order chi connectivity index (χ0) is 9.03. The Kier molecular flexibility index (Phi) is 3.53. The molecule has 0 amide bonds. The van der Waals surface area contributed by atoms with Gasteiger partial charge in [-0.25, -0.2) is 0 Å². The summed E-state index contributed by atoms with van der Waals surface area (Å²) < 4.78 is 0. The Labute approximate surface area is 75.2 Å². The summed E-state index contributed by atoms with van der Waals surface area (Å²) in [4.78, 5) is 0. The van der Waals surface area contributed by atoms with E-state index in [1.54, 1.807) is 0 Å². The minimum Gasteiger partial charge on any atom is -0.396 e. The summed E-state index contributed by atoms with van der Waals surface area (Å²) in [5.74, 6) is 0. The van der Waals surface area contributed by atoms with Crippen LogP contribution in [0.15, 0.2) is 0 Å². The van der Waals surface area contributed by atoms with E-state index in [0.717, 1.165) is 6.42 Å². The zero-order valence-electron chi connectivity index (χ0n) is 8.05. The molecule has 1 aliphatic carbocycles. The smallest absolute Gasteiger partial charge is 0.0436 e. The minimum absolute atomic E-state index is 0.241. The monoisotopic (exact) mass is 171 g/mol. The van der Waals surface area contributed by atoms with E-state index in [0.29, 0.717) is 6.61 Å². The van der Waals surface area contributed by atoms with Gasteiger partial charge < -0.3 is 10.8 Å². The summed E-state index contributed by atoms with van der Waals surface area (Å²) in [6, 6.07) is 0.241. The van der Waals surface area contributed by atoms with E-state index >= 15 is 0 Å². The third kappa shape index (κ3) is 1.99. The molecule has 0 bridgehead atoms. The van der Waals surface area contributed by atoms with Crippen LogP contribution in [0.2, 0.25) is 0 Å². The Hall–Kier alpha value is -0.0800. The van der Waals surface area contributed by atoms with Gasteiger partial charge in [0.1, 0.15) is 0 Å². The minimum atomic E-state index is 0.241. The summed E-state index contributed by atoms with van der Waals surface area (Å²) in [6.45, 7) is 2.38. The van der Waals surface area contributed by atoms with Crippen molar-refractivity contribution < 1.29 is 5.11 Å². The first-order valence-corrected chi connectivity index (χ1v) is 5.08. The van der Waals surface area contributed by atoms with Crippen molar-refractivity contribution in [2.45, 2.75) is 51.5 Å². The van der Waals surface area contributed by atoms with Gasteiger partial charge in [-0.2, -0.15) is 0 Å². The van der Waals surface area contributed by atoms with Gasteiger partial charge >= 0.3 is 0 Å². The van der Waals surface area contributed by atoms with E-state index in [2.05, 4.69) is 6.92 Å². The normalized spacial score (nSPS) is 25.2. The largest absolute Gasteiger partial charge is 0.396 e. The number of aliphatic hydroxyl groups is 1. The molecule has 0 aromatic heterocycles. The SMILES string of the molecule is CC(N)C1(CCO)CCCCC1. The van der Waals surface area contributed by atoms with E-state index in [-0.39, 0.29) is 11.5 Å². The molecule has 1 fully saturated rings. The highest BCUT2D eigenvalue weighted by Gasteiger charge is 2.34. The Morgan fingerprint density at radius 2 is 1.92 bits per heavy atom. The summed E-state index contributed by atoms with van der Waals surface area (Å²) in [5.41, 5.74) is 6.23. The van der Waals surface area contributed by atoms with Crippen LogP contribution in [0.3, 0.4) is 0 Å². The van der Waals surface area contributed by atoms with Crippen LogP contribution >= 0.6 is 0 Å². The first kappa shape index (κ1) is 10.0. The molecule has 3 N–H and O–H groups in total. The van der Waals surface area contributed by atoms with E-state index in [4.69, 9.17) is 10.8 Å². The standard InChI is InChI=1S/C10H21NO/c1-9(11)10(7-8-12)5-3-2-4-6-10/h9,12H,2-8,11H2,1H3. The molecule has 12 heavy (non-hydrogen) atoms. The molecule has 0 aromatic carbocycles. The Balaban J connectivity index is 2.56. The maximum absolute atomic E-state index is 8.98. The van der Waals surface area contributed by atoms with Crippen molar-refractivity contribution in [1.29, 1.82) is 0 Å². The summed E-state index contributed by atoms with van der Waals surface area (Å²) >= 11 is 0. The maximum atomic E-state index is 8.98. The molecule has 0 spiro atoms. The second-order valence-electron chi connectivity index (χ2n) is 4.19. The van der Waals surface area contributed by atoms with Crippen LogP contribution in [-0.2, 0) is 0 Å². The average Bonchev–Trinajstić information content (AvgIpc) is 2.06. The van der Waals surface area contributed by atoms with Crippen molar-refractivity contribution in [1.82, 2.24) is 0 Å². The van der Waals surface area contributed by atoms with Gasteiger partial charge in [-0.1, -0.05) is 19.3 Å². The molecular formula is C10H21NO. The Morgan fingerprint density at radius 1 is 1.33 bits per heavy atom. The first-order chi connectivity index (χ1) is 5.71. The number of aliphatic hydroxyl groups excluding tert-OH is 1. The number of hydrogen-bond acceptors (Lipinski definition) is 2. The second-order valence-corrected chi connectivity index (χ2v) is 4.19. The molecule has 1 rings (SSSR count). The Morgan fingerprint density at radius 3 is 2.33 bits per heavy atom. The molecule has 0 aromatic rings. The molecule has 0 radical (unpaired) electrons. The predicted octanol–water partition coefficient (Wildman–Crippen LogP) is 1.67. The van der Waals surface area contributed by atoms with Gasteiger partial charge in [0, 0.05) is 12.6 Å². The number of hydrogen-bond donors (Lipinski definition) is 2. The summed E-state index contributed by atoms with van der Waals surface area (Å²) in [7, 11) is 0. The fraction of sp³-hybridized carbons (Fsp3) is 1.00. The van der Waals surface area contributed by atoms with Crippen molar-refractivity contribution in [3.8, 4) is 0 Å². The van der Waals surface area contributed by atoms with Crippen LogP contribution in [-0.4, -0.2) is 17.8 Å². The van der Waals surface area contributed by atoms with Gasteiger partial charge in [0.05, 0.1) is 0 Å². The lowest BCUT2D eigenvalue weighted by Gasteiger charge is -2.40. The number of nitrogens with two attached hydrogens (primary N) is 1. The Bertz CT molecular complexity index is 122. The molecule has 1 aliphatic rings. The molecule has 0 aliphatic heterocycles. The van der Waals surface area contributed by atoms with Crippen LogP contribution < -0.4 is 5.73 Å². The third-order valence-corrected chi connectivity index (χ3v) is 3.42. The molecule has 1 saturated carbocycles. The van der Waals surface area contributed by atoms with Gasteiger partial charge in [0.2, 0.25) is 0 Å². The summed E-state index contributed by atoms with van der Waals surface area (Å²) in [5, 5.41) is 8.98. The van der Waals surface area contributed by atoms with Crippen molar-refractivity contribution in [2.75, 3.05) is 6.61 Å². The molecule has 1 unspecified atom stereocenters. The third-order valence-electron chi connectivity index (χ3n) is 3.42. The highest BCUT2D eigenvalue weighted by molar-refractivity contribution is 4.89. The van der Waals surface area contributed by atoms with Gasteiger partial charge in [-0.05, 0) is 31.6 Å². The van der Waals surface area contributed by atoms with E-state index in [1.165, 1.54) is 32.1 Å². The fourth-order valence-electron chi connectivity index (χ4n) is 2.41. The van der Waals surface area contributed by atoms with Gasteiger partial charge in [0.25, 0.3) is 0 Å². The highest BCUT2D eigenvalue weighted by Crippen LogP contribution is 2.41. The van der Waals surface area contributed by atoms with E-state index in [9.17, 15) is 0 Å². The van der Waals surface area contributed by atoms with Gasteiger partial charge in [-0.3, -0.25) is 0 Å². The lowest BCUT2D eigenvalue weighted by molar-refractivity contribution is 0.105. The topological polar surface area (TPSA) is 46.2 Å². The average molecular weight is 171 g/mol. The van der Waals surface area contributed by atoms with Crippen LogP contribution in [0.1, 0.15) is 45.4 Å². The van der Waals surface area contributed by atoms with Crippen LogP contribution in [0, 0.1) is 5.41 Å². The predicted molar refractivity (Wildman–Crippen MR) is 50.9 cm³/mol. The molecule has 1 atom stereocenters. The second kappa shape index (κ2) is 4.24. The van der Waals surface area contributed by atoms with Gasteiger partial charge in [0.15, 0.2) is 0 Å². The molecule has 2 heteroatoms. The van der Waals surface area contributed by atoms with Crippen molar-refractivity contribution in [3.63, 3.8) is 0 Å². The van der Waals surface area contributed by atoms with Crippen LogP contribution in [0.4, 0.5) is 0 Å². The zero-order valence-corrected chi connectivity index (χ0v) is 8.05. The van der Waals surface area contributed by atoms with Crippen molar-refractivity contribution in [2.24, 2.45) is 11.1 Å². The first-order valence-electron chi connectivity index (χ1n) is 5.08. The molecule has 0 saturated heterocycles. The molecular weight excluding hydrogens is 150 g/mol. The number of rotatable bonds is 3. The fourth-order valence-corrected chi connectivity index (χ4v) is 2.41. The lowest BCUT2D eigenvalue weighted by atomic mass is 9.68. The van der Waals surface area contributed by atoms with Crippen LogP contribution in [0.5, 0.6) is 0 Å². The van der Waals surface area contributed by atoms with E-state index < -0.39 is 0 Å². The van der Waals surface area contributed by atoms with Gasteiger partial charge in [-0.15, -0.1) is 0 Å². The summed E-state index contributed by atoms with van der Waals surface area (Å²) in [6.07, 6.45) is 7.25. The molecule has 0 heterocycles.